The van der Waals surface area contributed by atoms with Crippen LogP contribution >= 0.6 is 12.2 Å². The highest BCUT2D eigenvalue weighted by atomic mass is 32.1. The van der Waals surface area contributed by atoms with Crippen molar-refractivity contribution in [2.45, 2.75) is 38.6 Å². The quantitative estimate of drug-likeness (QED) is 0.337. The molecule has 1 amide bonds. The fourth-order valence-electron chi connectivity index (χ4n) is 3.67. The van der Waals surface area contributed by atoms with Crippen molar-refractivity contribution < 1.29 is 18.3 Å². The van der Waals surface area contributed by atoms with E-state index in [0.29, 0.717) is 30.5 Å². The standard InChI is InChI=1S/C23H20F2N4O2S/c1-23(2)21(30)28(18-11-10-17(27-3)20(31-4)19(18)25)22(32)29(23)15-9-8-14(16(24)13-15)7-5-6-12-26/h8-11,13H,5-7H2,1-2,4H3. The molecule has 6 nitrogen and oxygen atoms in total. The minimum absolute atomic E-state index is 0.0202. The fraction of sp³-hybridized carbons (Fsp3) is 0.304. The molecule has 0 atom stereocenters. The number of ether oxygens (including phenoxy) is 1. The van der Waals surface area contributed by atoms with Crippen LogP contribution < -0.4 is 14.5 Å². The first kappa shape index (κ1) is 23.1. The summed E-state index contributed by atoms with van der Waals surface area (Å²) >= 11 is 5.52. The molecule has 0 radical (unpaired) electrons. The molecule has 0 aliphatic carbocycles. The van der Waals surface area contributed by atoms with Crippen molar-refractivity contribution in [3.63, 3.8) is 0 Å². The Morgan fingerprint density at radius 1 is 1.28 bits per heavy atom. The summed E-state index contributed by atoms with van der Waals surface area (Å²) in [4.78, 5) is 19.0. The number of nitriles is 1. The number of hydrogen-bond acceptors (Lipinski definition) is 4. The summed E-state index contributed by atoms with van der Waals surface area (Å²) in [5.41, 5.74) is -0.586. The number of benzene rings is 2. The molecule has 1 aliphatic heterocycles. The highest BCUT2D eigenvalue weighted by Crippen LogP contribution is 2.42. The molecule has 0 N–H and O–H groups in total. The van der Waals surface area contributed by atoms with E-state index in [2.05, 4.69) is 4.85 Å². The van der Waals surface area contributed by atoms with Crippen LogP contribution in [0.25, 0.3) is 4.85 Å². The topological polar surface area (TPSA) is 60.9 Å². The first-order chi connectivity index (χ1) is 15.2. The number of hydrogen-bond donors (Lipinski definition) is 0. The lowest BCUT2D eigenvalue weighted by Gasteiger charge is -2.29. The number of unbranched alkanes of at least 4 members (excludes halogenated alkanes) is 1. The van der Waals surface area contributed by atoms with Gasteiger partial charge < -0.3 is 9.64 Å². The van der Waals surface area contributed by atoms with Crippen LogP contribution in [0.5, 0.6) is 5.75 Å². The minimum atomic E-state index is -1.22. The van der Waals surface area contributed by atoms with Gasteiger partial charge in [-0.1, -0.05) is 12.1 Å². The molecule has 0 unspecified atom stereocenters. The van der Waals surface area contributed by atoms with Crippen LogP contribution in [0.2, 0.25) is 0 Å². The maximum atomic E-state index is 15.1. The molecule has 2 aromatic carbocycles. The Bertz CT molecular complexity index is 1180. The molecule has 1 saturated heterocycles. The third-order valence-corrected chi connectivity index (χ3v) is 5.68. The minimum Gasteiger partial charge on any atom is -0.505 e. The van der Waals surface area contributed by atoms with Gasteiger partial charge in [-0.25, -0.2) is 13.6 Å². The van der Waals surface area contributed by atoms with Gasteiger partial charge in [0.1, 0.15) is 11.4 Å². The van der Waals surface area contributed by atoms with Gasteiger partial charge in [0, 0.05) is 12.1 Å². The predicted octanol–water partition coefficient (Wildman–Crippen LogP) is 5.29. The molecular formula is C23H20F2N4O2S. The lowest BCUT2D eigenvalue weighted by atomic mass is 10.0. The van der Waals surface area contributed by atoms with E-state index in [9.17, 15) is 9.18 Å². The van der Waals surface area contributed by atoms with Crippen LogP contribution in [0.1, 0.15) is 32.3 Å². The second-order valence-corrected chi connectivity index (χ2v) is 8.03. The largest absolute Gasteiger partial charge is 0.505 e. The predicted molar refractivity (Wildman–Crippen MR) is 121 cm³/mol. The van der Waals surface area contributed by atoms with Crippen LogP contribution in [0.3, 0.4) is 0 Å². The lowest BCUT2D eigenvalue weighted by Crippen LogP contribution is -2.44. The second kappa shape index (κ2) is 8.89. The van der Waals surface area contributed by atoms with Crippen LogP contribution in [0.15, 0.2) is 30.3 Å². The van der Waals surface area contributed by atoms with Crippen molar-refractivity contribution in [3.05, 3.63) is 58.9 Å². The van der Waals surface area contributed by atoms with E-state index in [1.807, 2.05) is 6.07 Å². The molecule has 1 aliphatic rings. The Kier molecular flexibility index (Phi) is 6.42. The Morgan fingerprint density at radius 3 is 2.59 bits per heavy atom. The molecule has 2 aromatic rings. The Labute approximate surface area is 190 Å². The van der Waals surface area contributed by atoms with Crippen LogP contribution in [0.4, 0.5) is 25.8 Å². The highest BCUT2D eigenvalue weighted by molar-refractivity contribution is 7.81. The monoisotopic (exact) mass is 454 g/mol. The smallest absolute Gasteiger partial charge is 0.259 e. The summed E-state index contributed by atoms with van der Waals surface area (Å²) in [6, 6.07) is 9.21. The number of amides is 1. The van der Waals surface area contributed by atoms with Gasteiger partial charge in [-0.3, -0.25) is 9.69 Å². The highest BCUT2D eigenvalue weighted by Gasteiger charge is 2.51. The van der Waals surface area contributed by atoms with Crippen LogP contribution in [-0.2, 0) is 11.2 Å². The van der Waals surface area contributed by atoms with E-state index in [4.69, 9.17) is 28.8 Å². The number of halogens is 2. The van der Waals surface area contributed by atoms with Crippen LogP contribution in [0, 0.1) is 29.5 Å². The van der Waals surface area contributed by atoms with Crippen molar-refractivity contribution in [1.82, 2.24) is 0 Å². The maximum absolute atomic E-state index is 15.1. The molecule has 0 spiro atoms. The number of carbonyl (C=O) groups excluding carboxylic acids is 1. The zero-order chi connectivity index (χ0) is 23.6. The SMILES string of the molecule is [C-]#[N+]c1ccc(N2C(=O)C(C)(C)N(c3ccc(CCCC#N)c(F)c3)C2=S)c(F)c1OC. The average Bonchev–Trinajstić information content (AvgIpc) is 2.93. The number of nitrogens with zero attached hydrogens (tertiary/aromatic N) is 4. The van der Waals surface area contributed by atoms with E-state index in [1.165, 1.54) is 30.2 Å². The molecular weight excluding hydrogens is 434 g/mol. The van der Waals surface area contributed by atoms with Crippen molar-refractivity contribution >= 4 is 40.3 Å². The number of anilines is 2. The number of rotatable bonds is 6. The molecule has 3 rings (SSSR count). The zero-order valence-corrected chi connectivity index (χ0v) is 18.6. The van der Waals surface area contributed by atoms with Gasteiger partial charge in [0.15, 0.2) is 16.7 Å². The van der Waals surface area contributed by atoms with E-state index in [0.717, 1.165) is 4.90 Å². The molecule has 0 bridgehead atoms. The van der Waals surface area contributed by atoms with Crippen LogP contribution in [-0.4, -0.2) is 23.7 Å². The number of methoxy groups -OCH3 is 1. The summed E-state index contributed by atoms with van der Waals surface area (Å²) in [6.45, 7) is 10.4. The summed E-state index contributed by atoms with van der Waals surface area (Å²) in [7, 11) is 1.23. The maximum Gasteiger partial charge on any atom is 0.259 e. The van der Waals surface area contributed by atoms with Gasteiger partial charge in [-0.05, 0) is 62.7 Å². The lowest BCUT2D eigenvalue weighted by molar-refractivity contribution is -0.120. The number of aryl methyl sites for hydroxylation is 1. The van der Waals surface area contributed by atoms with E-state index in [-0.39, 0.29) is 22.2 Å². The van der Waals surface area contributed by atoms with Gasteiger partial charge in [0.05, 0.1) is 25.4 Å². The second-order valence-electron chi connectivity index (χ2n) is 7.67. The molecule has 164 valence electrons. The van der Waals surface area contributed by atoms with E-state index in [1.54, 1.807) is 26.0 Å². The van der Waals surface area contributed by atoms with Crippen molar-refractivity contribution in [2.24, 2.45) is 0 Å². The summed E-state index contributed by atoms with van der Waals surface area (Å²) in [6.07, 6.45) is 1.28. The Hall–Kier alpha value is -3.56. The summed E-state index contributed by atoms with van der Waals surface area (Å²) in [5, 5.41) is 8.64. The molecule has 1 heterocycles. The first-order valence-electron chi connectivity index (χ1n) is 9.77. The fourth-order valence-corrected chi connectivity index (χ4v) is 4.18. The van der Waals surface area contributed by atoms with Gasteiger partial charge in [-0.2, -0.15) is 5.26 Å². The normalized spacial score (nSPS) is 15.0. The van der Waals surface area contributed by atoms with Crippen molar-refractivity contribution in [3.8, 4) is 11.8 Å². The van der Waals surface area contributed by atoms with Gasteiger partial charge in [-0.15, -0.1) is 0 Å². The van der Waals surface area contributed by atoms with Gasteiger partial charge >= 0.3 is 0 Å². The van der Waals surface area contributed by atoms with Gasteiger partial charge in [0.2, 0.25) is 5.69 Å². The van der Waals surface area contributed by atoms with Crippen molar-refractivity contribution in [2.75, 3.05) is 16.9 Å². The third kappa shape index (κ3) is 3.76. The molecule has 0 saturated carbocycles. The van der Waals surface area contributed by atoms with Crippen molar-refractivity contribution in [1.29, 1.82) is 5.26 Å². The van der Waals surface area contributed by atoms with Gasteiger partial charge in [0.25, 0.3) is 5.91 Å². The van der Waals surface area contributed by atoms with E-state index >= 15 is 4.39 Å². The molecule has 9 heteroatoms. The molecule has 32 heavy (non-hydrogen) atoms. The zero-order valence-electron chi connectivity index (χ0n) is 17.8. The third-order valence-electron chi connectivity index (χ3n) is 5.32. The van der Waals surface area contributed by atoms with E-state index < -0.39 is 23.1 Å². The molecule has 0 aromatic heterocycles. The Balaban J connectivity index is 2.03. The molecule has 1 fully saturated rings. The summed E-state index contributed by atoms with van der Waals surface area (Å²) < 4.78 is 34.9. The summed E-state index contributed by atoms with van der Waals surface area (Å²) in [5.74, 6) is -2.14. The number of carbonyl (C=O) groups is 1. The first-order valence-corrected chi connectivity index (χ1v) is 10.2. The Morgan fingerprint density at radius 2 is 2.00 bits per heavy atom. The number of thiocarbonyl (C=S) groups is 1. The average molecular weight is 455 g/mol.